The van der Waals surface area contributed by atoms with Crippen molar-refractivity contribution in [3.63, 3.8) is 0 Å². The Hall–Kier alpha value is -0.880. The van der Waals surface area contributed by atoms with Gasteiger partial charge in [0.1, 0.15) is 0 Å². The van der Waals surface area contributed by atoms with Crippen molar-refractivity contribution in [3.05, 3.63) is 33.8 Å². The van der Waals surface area contributed by atoms with Crippen LogP contribution in [-0.4, -0.2) is 19.4 Å². The third-order valence-electron chi connectivity index (χ3n) is 1.88. The van der Waals surface area contributed by atoms with Gasteiger partial charge in [-0.25, -0.2) is 0 Å². The summed E-state index contributed by atoms with van der Waals surface area (Å²) in [5, 5.41) is 2.60. The Kier molecular flexibility index (Phi) is 4.09. The Morgan fingerprint density at radius 1 is 1.38 bits per heavy atom. The molecule has 0 saturated heterocycles. The number of halogens is 4. The van der Waals surface area contributed by atoms with Gasteiger partial charge in [0.05, 0.1) is 12.1 Å². The van der Waals surface area contributed by atoms with E-state index in [-0.39, 0.29) is 22.4 Å². The zero-order valence-electron chi connectivity index (χ0n) is 8.36. The molecular weight excluding hydrogens is 287 g/mol. The summed E-state index contributed by atoms with van der Waals surface area (Å²) in [6.07, 6.45) is -4.45. The average Bonchev–Trinajstić information content (AvgIpc) is 2.16. The summed E-state index contributed by atoms with van der Waals surface area (Å²) in [7, 11) is 1.56. The van der Waals surface area contributed by atoms with Crippen molar-refractivity contribution in [2.24, 2.45) is 0 Å². The molecule has 0 spiro atoms. The molecule has 0 radical (unpaired) electrons. The Bertz CT molecular complexity index is 404. The largest absolute Gasteiger partial charge is 0.416 e. The van der Waals surface area contributed by atoms with Crippen LogP contribution in [0.5, 0.6) is 0 Å². The van der Waals surface area contributed by atoms with Crippen molar-refractivity contribution in [2.45, 2.75) is 6.18 Å². The minimum atomic E-state index is -4.45. The van der Waals surface area contributed by atoms with Crippen molar-refractivity contribution in [1.82, 2.24) is 5.32 Å². The first kappa shape index (κ1) is 13.2. The van der Waals surface area contributed by atoms with E-state index in [4.69, 9.17) is 0 Å². The Labute approximate surface area is 99.0 Å². The summed E-state index contributed by atoms with van der Waals surface area (Å²) >= 11 is 2.95. The van der Waals surface area contributed by atoms with Crippen LogP contribution >= 0.6 is 15.9 Å². The maximum atomic E-state index is 12.4. The highest BCUT2D eigenvalue weighted by atomic mass is 79.9. The van der Waals surface area contributed by atoms with E-state index in [0.29, 0.717) is 0 Å². The molecule has 1 aromatic carbocycles. The highest BCUT2D eigenvalue weighted by Crippen LogP contribution is 2.32. The molecule has 1 aromatic rings. The van der Waals surface area contributed by atoms with E-state index in [2.05, 4.69) is 21.2 Å². The summed E-state index contributed by atoms with van der Waals surface area (Å²) in [5.74, 6) is -0.380. The van der Waals surface area contributed by atoms with Gasteiger partial charge in [0.2, 0.25) is 0 Å². The number of likely N-dealkylation sites (N-methyl/N-ethyl adjacent to an activating group) is 1. The Morgan fingerprint density at radius 2 is 2.00 bits per heavy atom. The lowest BCUT2D eigenvalue weighted by atomic mass is 10.1. The number of carbonyl (C=O) groups excluding carboxylic acids is 1. The lowest BCUT2D eigenvalue weighted by Gasteiger charge is -2.09. The molecule has 1 rings (SSSR count). The summed E-state index contributed by atoms with van der Waals surface area (Å²) in [5.41, 5.74) is -0.794. The standard InChI is InChI=1S/C10H9BrF3NO/c1-15-5-9(16)6-2-7(10(12,13)14)4-8(11)3-6/h2-4,15H,5H2,1H3. The van der Waals surface area contributed by atoms with Gasteiger partial charge in [-0.15, -0.1) is 0 Å². The first-order valence-corrected chi connectivity index (χ1v) is 5.19. The zero-order chi connectivity index (χ0) is 12.3. The molecule has 0 amide bonds. The van der Waals surface area contributed by atoms with E-state index >= 15 is 0 Å². The van der Waals surface area contributed by atoms with Crippen molar-refractivity contribution >= 4 is 21.7 Å². The molecule has 0 aliphatic heterocycles. The van der Waals surface area contributed by atoms with Crippen LogP contribution in [0, 0.1) is 0 Å². The molecule has 0 unspecified atom stereocenters. The van der Waals surface area contributed by atoms with Crippen LogP contribution in [0.25, 0.3) is 0 Å². The summed E-state index contributed by atoms with van der Waals surface area (Å²) < 4.78 is 37.6. The van der Waals surface area contributed by atoms with Crippen LogP contribution in [0.15, 0.2) is 22.7 Å². The van der Waals surface area contributed by atoms with Crippen LogP contribution in [-0.2, 0) is 6.18 Å². The second kappa shape index (κ2) is 4.97. The highest BCUT2D eigenvalue weighted by molar-refractivity contribution is 9.10. The van der Waals surface area contributed by atoms with Gasteiger partial charge in [0.15, 0.2) is 5.78 Å². The molecule has 0 saturated carbocycles. The van der Waals surface area contributed by atoms with Crippen molar-refractivity contribution in [1.29, 1.82) is 0 Å². The normalized spacial score (nSPS) is 11.6. The second-order valence-corrected chi connectivity index (χ2v) is 4.10. The molecule has 0 fully saturated rings. The Morgan fingerprint density at radius 3 is 2.50 bits per heavy atom. The number of carbonyl (C=O) groups is 1. The molecule has 0 aromatic heterocycles. The molecule has 0 aliphatic rings. The number of hydrogen-bond acceptors (Lipinski definition) is 2. The van der Waals surface area contributed by atoms with E-state index < -0.39 is 11.7 Å². The molecular formula is C10H9BrF3NO. The van der Waals surface area contributed by atoms with E-state index in [1.54, 1.807) is 7.05 Å². The SMILES string of the molecule is CNCC(=O)c1cc(Br)cc(C(F)(F)F)c1. The molecule has 0 aliphatic carbocycles. The van der Waals surface area contributed by atoms with E-state index in [1.807, 2.05) is 0 Å². The minimum absolute atomic E-state index is 0.00769. The smallest absolute Gasteiger partial charge is 0.313 e. The minimum Gasteiger partial charge on any atom is -0.313 e. The first-order chi connectivity index (χ1) is 7.34. The summed E-state index contributed by atoms with van der Waals surface area (Å²) in [6.45, 7) is 0.00769. The van der Waals surface area contributed by atoms with Gasteiger partial charge in [-0.05, 0) is 25.2 Å². The van der Waals surface area contributed by atoms with Crippen LogP contribution in [0.1, 0.15) is 15.9 Å². The monoisotopic (exact) mass is 295 g/mol. The second-order valence-electron chi connectivity index (χ2n) is 3.18. The van der Waals surface area contributed by atoms with Gasteiger partial charge in [-0.1, -0.05) is 15.9 Å². The van der Waals surface area contributed by atoms with Crippen molar-refractivity contribution in [2.75, 3.05) is 13.6 Å². The zero-order valence-corrected chi connectivity index (χ0v) is 9.95. The van der Waals surface area contributed by atoms with Crippen molar-refractivity contribution in [3.8, 4) is 0 Å². The van der Waals surface area contributed by atoms with Crippen LogP contribution in [0.4, 0.5) is 13.2 Å². The molecule has 1 N–H and O–H groups in total. The predicted octanol–water partition coefficient (Wildman–Crippen LogP) is 2.87. The average molecular weight is 296 g/mol. The Balaban J connectivity index is 3.13. The third kappa shape index (κ3) is 3.31. The molecule has 0 bridgehead atoms. The number of ketones is 1. The van der Waals surface area contributed by atoms with Gasteiger partial charge in [0.25, 0.3) is 0 Å². The number of benzene rings is 1. The number of rotatable bonds is 3. The number of Topliss-reactive ketones (excluding diaryl/α,β-unsaturated/α-hetero) is 1. The molecule has 0 heterocycles. The lowest BCUT2D eigenvalue weighted by molar-refractivity contribution is -0.137. The molecule has 6 heteroatoms. The number of nitrogens with one attached hydrogen (secondary N) is 1. The quantitative estimate of drug-likeness (QED) is 0.869. The number of alkyl halides is 3. The van der Waals surface area contributed by atoms with Gasteiger partial charge >= 0.3 is 6.18 Å². The van der Waals surface area contributed by atoms with E-state index in [0.717, 1.165) is 12.1 Å². The van der Waals surface area contributed by atoms with Gasteiger partial charge in [-0.3, -0.25) is 4.79 Å². The number of hydrogen-bond donors (Lipinski definition) is 1. The summed E-state index contributed by atoms with van der Waals surface area (Å²) in [4.78, 5) is 11.4. The lowest BCUT2D eigenvalue weighted by Crippen LogP contribution is -2.19. The topological polar surface area (TPSA) is 29.1 Å². The summed E-state index contributed by atoms with van der Waals surface area (Å²) in [6, 6.07) is 3.16. The fourth-order valence-electron chi connectivity index (χ4n) is 1.18. The van der Waals surface area contributed by atoms with Crippen molar-refractivity contribution < 1.29 is 18.0 Å². The predicted molar refractivity (Wildman–Crippen MR) is 57.4 cm³/mol. The molecule has 16 heavy (non-hydrogen) atoms. The highest BCUT2D eigenvalue weighted by Gasteiger charge is 2.31. The maximum absolute atomic E-state index is 12.4. The van der Waals surface area contributed by atoms with Crippen LogP contribution in [0.2, 0.25) is 0 Å². The van der Waals surface area contributed by atoms with Crippen LogP contribution < -0.4 is 5.32 Å². The maximum Gasteiger partial charge on any atom is 0.416 e. The van der Waals surface area contributed by atoms with Crippen LogP contribution in [0.3, 0.4) is 0 Å². The first-order valence-electron chi connectivity index (χ1n) is 4.40. The van der Waals surface area contributed by atoms with Gasteiger partial charge in [0, 0.05) is 10.0 Å². The van der Waals surface area contributed by atoms with E-state index in [1.165, 1.54) is 6.07 Å². The fourth-order valence-corrected chi connectivity index (χ4v) is 1.67. The molecule has 88 valence electrons. The fraction of sp³-hybridized carbons (Fsp3) is 0.300. The van der Waals surface area contributed by atoms with Gasteiger partial charge < -0.3 is 5.32 Å². The molecule has 2 nitrogen and oxygen atoms in total. The van der Waals surface area contributed by atoms with Gasteiger partial charge in [-0.2, -0.15) is 13.2 Å². The third-order valence-corrected chi connectivity index (χ3v) is 2.34. The van der Waals surface area contributed by atoms with E-state index in [9.17, 15) is 18.0 Å². The molecule has 0 atom stereocenters.